The number of nitrogens with one attached hydrogen (secondary N) is 1. The van der Waals surface area contributed by atoms with Gasteiger partial charge in [-0.05, 0) is 25.3 Å². The Morgan fingerprint density at radius 2 is 2.18 bits per heavy atom. The Bertz CT molecular complexity index is 877. The summed E-state index contributed by atoms with van der Waals surface area (Å²) in [6.07, 6.45) is 1.77. The van der Waals surface area contributed by atoms with Gasteiger partial charge >= 0.3 is 0 Å². The van der Waals surface area contributed by atoms with E-state index in [1.54, 1.807) is 28.4 Å². The average Bonchev–Trinajstić information content (AvgIpc) is 3.18. The second-order valence-electron chi connectivity index (χ2n) is 4.83. The number of nitrogens with zero attached hydrogens (tertiary/aromatic N) is 4. The zero-order valence-corrected chi connectivity index (χ0v) is 14.0. The fourth-order valence-corrected chi connectivity index (χ4v) is 4.46. The normalized spacial score (nSPS) is 12.3. The Kier molecular flexibility index (Phi) is 4.02. The van der Waals surface area contributed by atoms with Gasteiger partial charge in [0.25, 0.3) is 0 Å². The van der Waals surface area contributed by atoms with Crippen LogP contribution in [-0.2, 0) is 23.1 Å². The monoisotopic (exact) mass is 339 g/mol. The summed E-state index contributed by atoms with van der Waals surface area (Å²) in [5.74, 6) is 0. The summed E-state index contributed by atoms with van der Waals surface area (Å²) < 4.78 is 30.7. The number of hydrogen-bond donors (Lipinski definition) is 1. The highest BCUT2D eigenvalue weighted by molar-refractivity contribution is 7.91. The molecule has 118 valence electrons. The standard InChI is InChI=1S/C13H17N5O2S2/c1-3-17-11-9-14-18(13(11)10(2)16-17)7-6-15-22(19,20)12-5-4-8-21-12/h4-5,8-9,15H,3,6-7H2,1-2H3. The lowest BCUT2D eigenvalue weighted by Crippen LogP contribution is -2.27. The van der Waals surface area contributed by atoms with Gasteiger partial charge in [-0.2, -0.15) is 10.2 Å². The minimum atomic E-state index is -3.43. The molecule has 1 N–H and O–H groups in total. The number of sulfonamides is 1. The lowest BCUT2D eigenvalue weighted by atomic mass is 10.4. The van der Waals surface area contributed by atoms with Gasteiger partial charge in [0.2, 0.25) is 10.0 Å². The number of aryl methyl sites for hydroxylation is 2. The van der Waals surface area contributed by atoms with E-state index in [1.807, 2.05) is 18.5 Å². The average molecular weight is 339 g/mol. The van der Waals surface area contributed by atoms with Crippen LogP contribution in [-0.4, -0.2) is 34.5 Å². The van der Waals surface area contributed by atoms with E-state index in [0.717, 1.165) is 23.3 Å². The first-order valence-electron chi connectivity index (χ1n) is 6.95. The molecule has 0 saturated carbocycles. The lowest BCUT2D eigenvalue weighted by Gasteiger charge is -2.05. The van der Waals surface area contributed by atoms with Gasteiger partial charge in [0.15, 0.2) is 0 Å². The minimum Gasteiger partial charge on any atom is -0.262 e. The second kappa shape index (κ2) is 5.82. The summed E-state index contributed by atoms with van der Waals surface area (Å²) in [5, 5.41) is 10.5. The van der Waals surface area contributed by atoms with E-state index in [2.05, 4.69) is 14.9 Å². The number of fused-ring (bicyclic) bond motifs is 1. The molecule has 0 aliphatic heterocycles. The maximum atomic E-state index is 12.1. The first-order chi connectivity index (χ1) is 10.5. The van der Waals surface area contributed by atoms with Crippen molar-refractivity contribution in [2.75, 3.05) is 6.54 Å². The summed E-state index contributed by atoms with van der Waals surface area (Å²) in [5.41, 5.74) is 2.83. The van der Waals surface area contributed by atoms with Gasteiger partial charge in [0.05, 0.1) is 18.4 Å². The quantitative estimate of drug-likeness (QED) is 0.739. The molecule has 0 amide bonds. The molecule has 0 aliphatic rings. The van der Waals surface area contributed by atoms with E-state index in [9.17, 15) is 8.42 Å². The molecular weight excluding hydrogens is 322 g/mol. The molecule has 0 bridgehead atoms. The topological polar surface area (TPSA) is 81.8 Å². The van der Waals surface area contributed by atoms with Gasteiger partial charge in [0, 0.05) is 13.1 Å². The molecule has 0 aliphatic carbocycles. The number of thiophene rings is 1. The third-order valence-electron chi connectivity index (χ3n) is 3.39. The highest BCUT2D eigenvalue weighted by Crippen LogP contribution is 2.18. The molecule has 9 heteroatoms. The fourth-order valence-electron chi connectivity index (χ4n) is 2.40. The van der Waals surface area contributed by atoms with Crippen molar-refractivity contribution in [3.8, 4) is 0 Å². The molecule has 3 aromatic rings. The van der Waals surface area contributed by atoms with Crippen molar-refractivity contribution in [3.05, 3.63) is 29.4 Å². The van der Waals surface area contributed by atoms with Crippen LogP contribution in [0.3, 0.4) is 0 Å². The molecule has 0 saturated heterocycles. The van der Waals surface area contributed by atoms with Gasteiger partial charge in [-0.25, -0.2) is 13.1 Å². The highest BCUT2D eigenvalue weighted by Gasteiger charge is 2.16. The third kappa shape index (κ3) is 2.67. The van der Waals surface area contributed by atoms with Crippen molar-refractivity contribution in [1.29, 1.82) is 0 Å². The largest absolute Gasteiger partial charge is 0.262 e. The molecule has 3 heterocycles. The van der Waals surface area contributed by atoms with Crippen LogP contribution in [0.1, 0.15) is 12.6 Å². The van der Waals surface area contributed by atoms with Crippen LogP contribution in [0, 0.1) is 6.92 Å². The SMILES string of the molecule is CCn1nc(C)c2c1cnn2CCNS(=O)(=O)c1cccs1. The number of hydrogen-bond acceptors (Lipinski definition) is 5. The van der Waals surface area contributed by atoms with Crippen LogP contribution < -0.4 is 4.72 Å². The van der Waals surface area contributed by atoms with Crippen LogP contribution >= 0.6 is 11.3 Å². The van der Waals surface area contributed by atoms with Crippen LogP contribution in [0.25, 0.3) is 11.0 Å². The molecule has 22 heavy (non-hydrogen) atoms. The summed E-state index contributed by atoms with van der Waals surface area (Å²) in [4.78, 5) is 0. The van der Waals surface area contributed by atoms with E-state index in [4.69, 9.17) is 0 Å². The molecule has 0 radical (unpaired) electrons. The zero-order valence-electron chi connectivity index (χ0n) is 12.4. The van der Waals surface area contributed by atoms with Crippen molar-refractivity contribution in [2.24, 2.45) is 0 Å². The smallest absolute Gasteiger partial charge is 0.250 e. The summed E-state index contributed by atoms with van der Waals surface area (Å²) in [6, 6.07) is 3.31. The Morgan fingerprint density at radius 1 is 1.36 bits per heavy atom. The van der Waals surface area contributed by atoms with Crippen LogP contribution in [0.5, 0.6) is 0 Å². The second-order valence-corrected chi connectivity index (χ2v) is 7.77. The van der Waals surface area contributed by atoms with Crippen molar-refractivity contribution in [2.45, 2.75) is 31.1 Å². The number of aromatic nitrogens is 4. The lowest BCUT2D eigenvalue weighted by molar-refractivity contribution is 0.567. The fraction of sp³-hybridized carbons (Fsp3) is 0.385. The summed E-state index contributed by atoms with van der Waals surface area (Å²) >= 11 is 1.20. The molecule has 0 fully saturated rings. The van der Waals surface area contributed by atoms with Gasteiger partial charge in [-0.15, -0.1) is 11.3 Å². The van der Waals surface area contributed by atoms with Gasteiger partial charge in [-0.1, -0.05) is 6.07 Å². The number of rotatable bonds is 6. The van der Waals surface area contributed by atoms with Crippen molar-refractivity contribution in [1.82, 2.24) is 24.3 Å². The van der Waals surface area contributed by atoms with Crippen LogP contribution in [0.15, 0.2) is 27.9 Å². The zero-order chi connectivity index (χ0) is 15.7. The van der Waals surface area contributed by atoms with Gasteiger partial charge in [-0.3, -0.25) is 9.36 Å². The predicted molar refractivity (Wildman–Crippen MR) is 85.4 cm³/mol. The van der Waals surface area contributed by atoms with Crippen molar-refractivity contribution < 1.29 is 8.42 Å². The summed E-state index contributed by atoms with van der Waals surface area (Å²) in [7, 11) is -3.43. The molecule has 7 nitrogen and oxygen atoms in total. The molecule has 3 rings (SSSR count). The molecule has 0 spiro atoms. The molecule has 3 aromatic heterocycles. The Hall–Kier alpha value is -1.71. The summed E-state index contributed by atoms with van der Waals surface area (Å²) in [6.45, 7) is 5.49. The highest BCUT2D eigenvalue weighted by atomic mass is 32.2. The van der Waals surface area contributed by atoms with Crippen LogP contribution in [0.2, 0.25) is 0 Å². The predicted octanol–water partition coefficient (Wildman–Crippen LogP) is 1.60. The minimum absolute atomic E-state index is 0.285. The first kappa shape index (κ1) is 15.2. The van der Waals surface area contributed by atoms with E-state index in [-0.39, 0.29) is 6.54 Å². The van der Waals surface area contributed by atoms with E-state index in [1.165, 1.54) is 11.3 Å². The first-order valence-corrected chi connectivity index (χ1v) is 9.31. The van der Waals surface area contributed by atoms with E-state index >= 15 is 0 Å². The van der Waals surface area contributed by atoms with E-state index in [0.29, 0.717) is 10.8 Å². The van der Waals surface area contributed by atoms with E-state index < -0.39 is 10.0 Å². The Morgan fingerprint density at radius 3 is 2.86 bits per heavy atom. The van der Waals surface area contributed by atoms with Gasteiger partial charge in [0.1, 0.15) is 15.2 Å². The maximum Gasteiger partial charge on any atom is 0.250 e. The van der Waals surface area contributed by atoms with Gasteiger partial charge < -0.3 is 0 Å². The Labute approximate surface area is 132 Å². The third-order valence-corrected chi connectivity index (χ3v) is 6.25. The maximum absolute atomic E-state index is 12.1. The van der Waals surface area contributed by atoms with Crippen molar-refractivity contribution >= 4 is 32.4 Å². The molecule has 0 atom stereocenters. The molecule has 0 unspecified atom stereocenters. The molecular formula is C13H17N5O2S2. The Balaban J connectivity index is 1.74. The molecule has 0 aromatic carbocycles. The van der Waals surface area contributed by atoms with Crippen LogP contribution in [0.4, 0.5) is 0 Å². The van der Waals surface area contributed by atoms with Crippen molar-refractivity contribution in [3.63, 3.8) is 0 Å².